The molecule has 0 amide bonds. The normalized spacial score (nSPS) is 10.8. The second-order valence-corrected chi connectivity index (χ2v) is 8.97. The highest BCUT2D eigenvalue weighted by molar-refractivity contribution is 7.99. The van der Waals surface area contributed by atoms with Gasteiger partial charge in [-0.2, -0.15) is 0 Å². The van der Waals surface area contributed by atoms with E-state index in [1.54, 1.807) is 30.0 Å². The zero-order chi connectivity index (χ0) is 23.5. The minimum absolute atomic E-state index is 0.0419. The van der Waals surface area contributed by atoms with Crippen molar-refractivity contribution in [1.82, 2.24) is 0 Å². The number of methoxy groups -OCH3 is 1. The number of carbonyl (C=O) groups excluding carboxylic acids is 2. The Morgan fingerprint density at radius 3 is 2.56 bits per heavy atom. The van der Waals surface area contributed by atoms with Crippen LogP contribution >= 0.6 is 23.4 Å². The molecule has 0 unspecified atom stereocenters. The number of thioether (sulfide) groups is 1. The van der Waals surface area contributed by atoms with Crippen LogP contribution in [0.2, 0.25) is 5.02 Å². The molecule has 7 heteroatoms. The minimum Gasteiger partial charge on any atom is -0.507 e. The number of halogens is 1. The highest BCUT2D eigenvalue weighted by atomic mass is 35.5. The molecule has 2 aromatic rings. The van der Waals surface area contributed by atoms with Crippen LogP contribution in [-0.4, -0.2) is 36.3 Å². The molecular formula is C25H31ClO5S. The van der Waals surface area contributed by atoms with Gasteiger partial charge in [-0.25, -0.2) is 0 Å². The maximum Gasteiger partial charge on any atom is 0.309 e. The third kappa shape index (κ3) is 7.45. The van der Waals surface area contributed by atoms with E-state index in [1.807, 2.05) is 26.0 Å². The summed E-state index contributed by atoms with van der Waals surface area (Å²) in [5, 5.41) is 11.2. The van der Waals surface area contributed by atoms with E-state index in [2.05, 4.69) is 4.74 Å². The van der Waals surface area contributed by atoms with Gasteiger partial charge in [0, 0.05) is 22.6 Å². The molecule has 0 saturated heterocycles. The van der Waals surface area contributed by atoms with Gasteiger partial charge in [0.1, 0.15) is 11.5 Å². The first-order chi connectivity index (χ1) is 15.4. The smallest absolute Gasteiger partial charge is 0.309 e. The maximum atomic E-state index is 12.2. The van der Waals surface area contributed by atoms with Crippen LogP contribution in [0.5, 0.6) is 11.5 Å². The number of Topliss-reactive ketones (excluding diaryl/α,β-unsaturated/α-hetero) is 1. The number of hydrogen-bond donors (Lipinski definition) is 1. The number of hydrogen-bond acceptors (Lipinski definition) is 6. The molecule has 0 radical (unpaired) electrons. The predicted molar refractivity (Wildman–Crippen MR) is 129 cm³/mol. The zero-order valence-corrected chi connectivity index (χ0v) is 20.5. The number of phenolic OH excluding ortho intramolecular Hbond substituents is 1. The molecule has 0 heterocycles. The highest BCUT2D eigenvalue weighted by Crippen LogP contribution is 2.34. The van der Waals surface area contributed by atoms with Crippen molar-refractivity contribution < 1.29 is 24.2 Å². The van der Waals surface area contributed by atoms with Crippen LogP contribution in [0, 0.1) is 0 Å². The molecule has 0 spiro atoms. The maximum absolute atomic E-state index is 12.2. The Bertz CT molecular complexity index is 929. The average Bonchev–Trinajstić information content (AvgIpc) is 2.77. The lowest BCUT2D eigenvalue weighted by molar-refractivity contribution is -0.139. The van der Waals surface area contributed by atoms with Gasteiger partial charge in [0.25, 0.3) is 0 Å². The molecule has 0 aliphatic rings. The van der Waals surface area contributed by atoms with Gasteiger partial charge in [0.2, 0.25) is 0 Å². The first-order valence-electron chi connectivity index (χ1n) is 10.9. The summed E-state index contributed by atoms with van der Waals surface area (Å²) in [6, 6.07) is 9.03. The highest BCUT2D eigenvalue weighted by Gasteiger charge is 2.17. The minimum atomic E-state index is -0.296. The molecule has 1 N–H and O–H groups in total. The fourth-order valence-electron chi connectivity index (χ4n) is 3.26. The zero-order valence-electron chi connectivity index (χ0n) is 18.9. The molecule has 32 heavy (non-hydrogen) atoms. The van der Waals surface area contributed by atoms with E-state index in [9.17, 15) is 14.7 Å². The quantitative estimate of drug-likeness (QED) is 0.158. The topological polar surface area (TPSA) is 72.8 Å². The van der Waals surface area contributed by atoms with Gasteiger partial charge in [-0.05, 0) is 49.1 Å². The molecule has 2 aromatic carbocycles. The third-order valence-corrected chi connectivity index (χ3v) is 6.48. The molecule has 0 fully saturated rings. The molecule has 0 aliphatic carbocycles. The second-order valence-electron chi connectivity index (χ2n) is 7.43. The van der Waals surface area contributed by atoms with Crippen molar-refractivity contribution in [3.63, 3.8) is 0 Å². The van der Waals surface area contributed by atoms with Crippen LogP contribution in [-0.2, 0) is 22.4 Å². The fraction of sp³-hybridized carbons (Fsp3) is 0.440. The van der Waals surface area contributed by atoms with Gasteiger partial charge in [-0.1, -0.05) is 37.9 Å². The average molecular weight is 479 g/mol. The van der Waals surface area contributed by atoms with Crippen molar-refractivity contribution in [2.45, 2.75) is 57.3 Å². The Kier molecular flexibility index (Phi) is 10.9. The van der Waals surface area contributed by atoms with Gasteiger partial charge in [0.05, 0.1) is 30.7 Å². The number of esters is 1. The Morgan fingerprint density at radius 2 is 1.91 bits per heavy atom. The molecular weight excluding hydrogens is 448 g/mol. The van der Waals surface area contributed by atoms with E-state index in [0.717, 1.165) is 35.5 Å². The van der Waals surface area contributed by atoms with Crippen molar-refractivity contribution in [3.05, 3.63) is 52.0 Å². The molecule has 174 valence electrons. The summed E-state index contributed by atoms with van der Waals surface area (Å²) in [4.78, 5) is 24.6. The predicted octanol–water partition coefficient (Wildman–Crippen LogP) is 6.26. The number of ketones is 1. The van der Waals surface area contributed by atoms with Crippen molar-refractivity contribution >= 4 is 35.1 Å². The van der Waals surface area contributed by atoms with Gasteiger partial charge < -0.3 is 14.6 Å². The lowest BCUT2D eigenvalue weighted by atomic mass is 9.99. The van der Waals surface area contributed by atoms with E-state index in [1.165, 1.54) is 7.11 Å². The van der Waals surface area contributed by atoms with Crippen molar-refractivity contribution in [3.8, 4) is 11.5 Å². The van der Waals surface area contributed by atoms with Gasteiger partial charge >= 0.3 is 5.97 Å². The largest absolute Gasteiger partial charge is 0.507 e. The number of carbonyl (C=O) groups is 2. The van der Waals surface area contributed by atoms with Gasteiger partial charge in [0.15, 0.2) is 5.78 Å². The Labute approximate surface area is 199 Å². The molecule has 0 aromatic heterocycles. The fourth-order valence-corrected chi connectivity index (χ4v) is 4.47. The van der Waals surface area contributed by atoms with Crippen LogP contribution in [0.1, 0.15) is 61.0 Å². The van der Waals surface area contributed by atoms with Crippen molar-refractivity contribution in [1.29, 1.82) is 0 Å². The molecule has 2 rings (SSSR count). The van der Waals surface area contributed by atoms with Crippen LogP contribution in [0.25, 0.3) is 0 Å². The number of ether oxygens (including phenoxy) is 2. The van der Waals surface area contributed by atoms with Crippen molar-refractivity contribution in [2.24, 2.45) is 0 Å². The Morgan fingerprint density at radius 1 is 1.12 bits per heavy atom. The summed E-state index contributed by atoms with van der Waals surface area (Å²) < 4.78 is 10.6. The van der Waals surface area contributed by atoms with E-state index in [0.29, 0.717) is 41.3 Å². The second kappa shape index (κ2) is 13.4. The lowest BCUT2D eigenvalue weighted by Crippen LogP contribution is -2.05. The molecule has 0 bridgehead atoms. The number of rotatable bonds is 13. The van der Waals surface area contributed by atoms with E-state index in [4.69, 9.17) is 16.3 Å². The Hall–Kier alpha value is -2.18. The summed E-state index contributed by atoms with van der Waals surface area (Å²) in [6.07, 6.45) is 3.64. The lowest BCUT2D eigenvalue weighted by Gasteiger charge is -2.15. The molecule has 0 aliphatic heterocycles. The Balaban J connectivity index is 1.91. The number of benzene rings is 2. The summed E-state index contributed by atoms with van der Waals surface area (Å²) in [7, 11) is 1.36. The summed E-state index contributed by atoms with van der Waals surface area (Å²) in [5.74, 6) is 1.15. The SMILES string of the molecule is CCCC(=O)c1ccc(OCCCSc2ccc(CC(=O)OC)cc2Cl)c(CCC)c1O. The van der Waals surface area contributed by atoms with Crippen LogP contribution in [0.3, 0.4) is 0 Å². The van der Waals surface area contributed by atoms with E-state index >= 15 is 0 Å². The molecule has 5 nitrogen and oxygen atoms in total. The summed E-state index contributed by atoms with van der Waals surface area (Å²) in [5.41, 5.74) is 1.90. The number of aromatic hydroxyl groups is 1. The molecule has 0 atom stereocenters. The van der Waals surface area contributed by atoms with Gasteiger partial charge in [-0.15, -0.1) is 11.8 Å². The molecule has 0 saturated carbocycles. The number of phenols is 1. The third-order valence-electron chi connectivity index (χ3n) is 4.89. The van der Waals surface area contributed by atoms with Crippen LogP contribution in [0.4, 0.5) is 0 Å². The van der Waals surface area contributed by atoms with Crippen LogP contribution in [0.15, 0.2) is 35.2 Å². The monoisotopic (exact) mass is 478 g/mol. The summed E-state index contributed by atoms with van der Waals surface area (Å²) >= 11 is 7.96. The first kappa shape index (κ1) is 26.1. The first-order valence-corrected chi connectivity index (χ1v) is 12.3. The standard InChI is InChI=1S/C25H31ClO5S/c1-4-7-19-22(11-10-18(25(19)29)21(27)8-5-2)31-13-6-14-32-23-12-9-17(15-20(23)26)16-24(28)30-3/h9-12,15,29H,4-8,13-14,16H2,1-3H3. The van der Waals surface area contributed by atoms with E-state index < -0.39 is 0 Å². The van der Waals surface area contributed by atoms with Gasteiger partial charge in [-0.3, -0.25) is 9.59 Å². The van der Waals surface area contributed by atoms with Crippen molar-refractivity contribution in [2.75, 3.05) is 19.5 Å². The van der Waals surface area contributed by atoms with Crippen LogP contribution < -0.4 is 4.74 Å². The summed E-state index contributed by atoms with van der Waals surface area (Å²) in [6.45, 7) is 4.46. The van der Waals surface area contributed by atoms with E-state index in [-0.39, 0.29) is 23.9 Å².